The SMILES string of the molecule is CC1CNc2nnnnc21. The van der Waals surface area contributed by atoms with Crippen LogP contribution in [-0.2, 0) is 0 Å². The molecule has 0 aliphatic carbocycles. The second-order valence-corrected chi connectivity index (χ2v) is 2.39. The number of hydrogen-bond donors (Lipinski definition) is 1. The van der Waals surface area contributed by atoms with Crippen molar-refractivity contribution in [2.24, 2.45) is 0 Å². The monoisotopic (exact) mass is 137 g/mol. The highest BCUT2D eigenvalue weighted by atomic mass is 15.4. The van der Waals surface area contributed by atoms with E-state index in [1.54, 1.807) is 0 Å². The second-order valence-electron chi connectivity index (χ2n) is 2.39. The molecule has 0 radical (unpaired) electrons. The van der Waals surface area contributed by atoms with Crippen LogP contribution in [0.5, 0.6) is 0 Å². The minimum Gasteiger partial charge on any atom is -0.366 e. The van der Waals surface area contributed by atoms with Crippen LogP contribution in [0.3, 0.4) is 0 Å². The van der Waals surface area contributed by atoms with Crippen molar-refractivity contribution in [1.82, 2.24) is 20.6 Å². The maximum atomic E-state index is 3.85. The molecular formula is C5H7N5. The first-order chi connectivity index (χ1) is 4.88. The molecule has 0 saturated carbocycles. The van der Waals surface area contributed by atoms with E-state index in [1.165, 1.54) is 0 Å². The van der Waals surface area contributed by atoms with E-state index in [-0.39, 0.29) is 0 Å². The van der Waals surface area contributed by atoms with E-state index in [9.17, 15) is 0 Å². The van der Waals surface area contributed by atoms with Gasteiger partial charge in [0, 0.05) is 12.5 Å². The van der Waals surface area contributed by atoms with Gasteiger partial charge in [-0.15, -0.1) is 10.2 Å². The van der Waals surface area contributed by atoms with E-state index in [1.807, 2.05) is 0 Å². The van der Waals surface area contributed by atoms with Crippen LogP contribution in [0.25, 0.3) is 0 Å². The first kappa shape index (κ1) is 5.52. The van der Waals surface area contributed by atoms with Gasteiger partial charge in [-0.05, 0) is 10.4 Å². The number of anilines is 1. The summed E-state index contributed by atoms with van der Waals surface area (Å²) in [4.78, 5) is 0. The average molecular weight is 137 g/mol. The fraction of sp³-hybridized carbons (Fsp3) is 0.600. The van der Waals surface area contributed by atoms with Gasteiger partial charge < -0.3 is 5.32 Å². The fourth-order valence-corrected chi connectivity index (χ4v) is 1.04. The van der Waals surface area contributed by atoms with Gasteiger partial charge in [-0.2, -0.15) is 0 Å². The zero-order valence-corrected chi connectivity index (χ0v) is 5.57. The normalized spacial score (nSPS) is 21.9. The molecule has 2 heterocycles. The summed E-state index contributed by atoms with van der Waals surface area (Å²) in [5, 5.41) is 17.6. The Morgan fingerprint density at radius 1 is 1.40 bits per heavy atom. The first-order valence-electron chi connectivity index (χ1n) is 3.18. The number of nitrogens with one attached hydrogen (secondary N) is 1. The molecule has 0 saturated heterocycles. The smallest absolute Gasteiger partial charge is 0.174 e. The van der Waals surface area contributed by atoms with Gasteiger partial charge in [-0.25, -0.2) is 0 Å². The Morgan fingerprint density at radius 3 is 3.00 bits per heavy atom. The Kier molecular flexibility index (Phi) is 1.03. The first-order valence-corrected chi connectivity index (χ1v) is 3.18. The van der Waals surface area contributed by atoms with Gasteiger partial charge in [0.05, 0.1) is 0 Å². The van der Waals surface area contributed by atoms with Gasteiger partial charge in [-0.1, -0.05) is 6.92 Å². The summed E-state index contributed by atoms with van der Waals surface area (Å²) in [6.45, 7) is 2.97. The van der Waals surface area contributed by atoms with E-state index in [4.69, 9.17) is 0 Å². The van der Waals surface area contributed by atoms with Gasteiger partial charge in [0.1, 0.15) is 5.69 Å². The molecule has 5 nitrogen and oxygen atoms in total. The van der Waals surface area contributed by atoms with Crippen LogP contribution in [0, 0.1) is 0 Å². The molecule has 0 bridgehead atoms. The highest BCUT2D eigenvalue weighted by Gasteiger charge is 2.20. The summed E-state index contributed by atoms with van der Waals surface area (Å²) >= 11 is 0. The van der Waals surface area contributed by atoms with Crippen molar-refractivity contribution in [2.45, 2.75) is 12.8 Å². The van der Waals surface area contributed by atoms with Crippen molar-refractivity contribution in [3.63, 3.8) is 0 Å². The predicted octanol–water partition coefficient (Wildman–Crippen LogP) is -0.204. The number of hydrogen-bond acceptors (Lipinski definition) is 5. The lowest BCUT2D eigenvalue weighted by molar-refractivity contribution is 0.715. The van der Waals surface area contributed by atoms with E-state index in [2.05, 4.69) is 32.9 Å². The molecule has 0 aromatic carbocycles. The molecule has 1 aromatic heterocycles. The summed E-state index contributed by atoms with van der Waals surface area (Å²) in [5.41, 5.74) is 0.926. The number of fused-ring (bicyclic) bond motifs is 1. The van der Waals surface area contributed by atoms with E-state index in [0.29, 0.717) is 5.92 Å². The van der Waals surface area contributed by atoms with Crippen LogP contribution >= 0.6 is 0 Å². The average Bonchev–Trinajstić information content (AvgIpc) is 2.34. The minimum atomic E-state index is 0.415. The molecule has 5 heteroatoms. The van der Waals surface area contributed by atoms with E-state index >= 15 is 0 Å². The zero-order chi connectivity index (χ0) is 6.97. The van der Waals surface area contributed by atoms with E-state index < -0.39 is 0 Å². The Balaban J connectivity index is 2.51. The third-order valence-corrected chi connectivity index (χ3v) is 1.62. The summed E-state index contributed by atoms with van der Waals surface area (Å²) in [6.07, 6.45) is 0. The van der Waals surface area contributed by atoms with Crippen LogP contribution in [0.4, 0.5) is 5.82 Å². The van der Waals surface area contributed by atoms with Crippen molar-refractivity contribution in [3.8, 4) is 0 Å². The second kappa shape index (κ2) is 1.86. The Hall–Kier alpha value is -1.26. The van der Waals surface area contributed by atoms with Crippen molar-refractivity contribution in [1.29, 1.82) is 0 Å². The van der Waals surface area contributed by atoms with Crippen molar-refractivity contribution in [2.75, 3.05) is 11.9 Å². The van der Waals surface area contributed by atoms with Crippen molar-refractivity contribution in [3.05, 3.63) is 5.69 Å². The lowest BCUT2D eigenvalue weighted by Gasteiger charge is -1.94. The highest BCUT2D eigenvalue weighted by molar-refractivity contribution is 5.45. The Bertz CT molecular complexity index is 248. The molecule has 0 spiro atoms. The van der Waals surface area contributed by atoms with Crippen LogP contribution in [0.1, 0.15) is 18.5 Å². The topological polar surface area (TPSA) is 63.6 Å². The minimum absolute atomic E-state index is 0.415. The lowest BCUT2D eigenvalue weighted by Crippen LogP contribution is -1.97. The molecule has 1 unspecified atom stereocenters. The van der Waals surface area contributed by atoms with Crippen LogP contribution < -0.4 is 5.32 Å². The molecule has 0 amide bonds. The van der Waals surface area contributed by atoms with Crippen molar-refractivity contribution >= 4 is 5.82 Å². The Morgan fingerprint density at radius 2 is 2.20 bits per heavy atom. The summed E-state index contributed by atoms with van der Waals surface area (Å²) in [5.74, 6) is 1.19. The number of nitrogens with zero attached hydrogens (tertiary/aromatic N) is 4. The van der Waals surface area contributed by atoms with Gasteiger partial charge in [0.25, 0.3) is 0 Å². The van der Waals surface area contributed by atoms with Gasteiger partial charge in [0.15, 0.2) is 5.82 Å². The molecular weight excluding hydrogens is 130 g/mol. The molecule has 1 aromatic rings. The quantitative estimate of drug-likeness (QED) is 0.536. The molecule has 1 N–H and O–H groups in total. The van der Waals surface area contributed by atoms with Crippen molar-refractivity contribution < 1.29 is 0 Å². The van der Waals surface area contributed by atoms with Gasteiger partial charge in [-0.3, -0.25) is 0 Å². The molecule has 1 aliphatic rings. The van der Waals surface area contributed by atoms with Gasteiger partial charge >= 0.3 is 0 Å². The summed E-state index contributed by atoms with van der Waals surface area (Å²) in [7, 11) is 0. The molecule has 1 atom stereocenters. The third kappa shape index (κ3) is 0.632. The maximum Gasteiger partial charge on any atom is 0.174 e. The lowest BCUT2D eigenvalue weighted by atomic mass is 10.1. The fourth-order valence-electron chi connectivity index (χ4n) is 1.04. The summed E-state index contributed by atoms with van der Waals surface area (Å²) < 4.78 is 0. The van der Waals surface area contributed by atoms with E-state index in [0.717, 1.165) is 18.1 Å². The number of aromatic nitrogens is 4. The Labute approximate surface area is 57.9 Å². The third-order valence-electron chi connectivity index (χ3n) is 1.62. The summed E-state index contributed by atoms with van der Waals surface area (Å²) in [6, 6.07) is 0. The number of rotatable bonds is 0. The van der Waals surface area contributed by atoms with Crippen LogP contribution in [0.15, 0.2) is 0 Å². The van der Waals surface area contributed by atoms with Crippen LogP contribution in [0.2, 0.25) is 0 Å². The highest BCUT2D eigenvalue weighted by Crippen LogP contribution is 2.24. The maximum absolute atomic E-state index is 3.85. The largest absolute Gasteiger partial charge is 0.366 e. The van der Waals surface area contributed by atoms with Crippen LogP contribution in [-0.4, -0.2) is 27.2 Å². The molecule has 2 rings (SSSR count). The predicted molar refractivity (Wildman–Crippen MR) is 34.5 cm³/mol. The molecule has 10 heavy (non-hydrogen) atoms. The molecule has 1 aliphatic heterocycles. The van der Waals surface area contributed by atoms with Gasteiger partial charge in [0.2, 0.25) is 0 Å². The zero-order valence-electron chi connectivity index (χ0n) is 5.57. The molecule has 0 fully saturated rings. The molecule has 52 valence electrons. The standard InChI is InChI=1S/C5H7N5/c1-3-2-6-5-4(3)7-9-10-8-5/h3H,2H2,1H3,(H,6,8,9).